The van der Waals surface area contributed by atoms with Crippen molar-refractivity contribution in [2.45, 2.75) is 19.1 Å². The van der Waals surface area contributed by atoms with E-state index in [4.69, 9.17) is 5.11 Å². The predicted octanol–water partition coefficient (Wildman–Crippen LogP) is 2.96. The van der Waals surface area contributed by atoms with Gasteiger partial charge >= 0.3 is 12.2 Å². The van der Waals surface area contributed by atoms with E-state index in [0.717, 1.165) is 12.1 Å². The summed E-state index contributed by atoms with van der Waals surface area (Å²) in [5.74, 6) is 0. The Labute approximate surface area is 127 Å². The third-order valence-electron chi connectivity index (χ3n) is 3.06. The zero-order chi connectivity index (χ0) is 16.8. The zero-order valence-corrected chi connectivity index (χ0v) is 12.2. The summed E-state index contributed by atoms with van der Waals surface area (Å²) < 4.78 is 38.1. The standard InChI is InChI=1S/C15H19F3N2O2/c1-3-7-20(8-9-21)14(22)19-11(2)12-5-4-6-13(10-12)15(16,17)18/h3-6,10-11,21H,1,7-9H2,2H3,(H,19,22). The topological polar surface area (TPSA) is 52.6 Å². The summed E-state index contributed by atoms with van der Waals surface area (Å²) in [5.41, 5.74) is -0.407. The fourth-order valence-electron chi connectivity index (χ4n) is 1.90. The van der Waals surface area contributed by atoms with E-state index in [9.17, 15) is 18.0 Å². The first-order valence-electron chi connectivity index (χ1n) is 6.74. The van der Waals surface area contributed by atoms with Crippen LogP contribution in [0.15, 0.2) is 36.9 Å². The third kappa shape index (κ3) is 5.07. The largest absolute Gasteiger partial charge is 0.416 e. The Hall–Kier alpha value is -2.02. The van der Waals surface area contributed by atoms with Crippen LogP contribution in [0.4, 0.5) is 18.0 Å². The van der Waals surface area contributed by atoms with Crippen LogP contribution >= 0.6 is 0 Å². The molecule has 7 heteroatoms. The predicted molar refractivity (Wildman–Crippen MR) is 77.2 cm³/mol. The van der Waals surface area contributed by atoms with Crippen molar-refractivity contribution in [3.05, 3.63) is 48.0 Å². The van der Waals surface area contributed by atoms with Crippen LogP contribution in [0.2, 0.25) is 0 Å². The number of aliphatic hydroxyl groups excluding tert-OH is 1. The molecule has 0 aromatic heterocycles. The Balaban J connectivity index is 2.81. The SMILES string of the molecule is C=CCN(CCO)C(=O)NC(C)c1cccc(C(F)(F)F)c1. The van der Waals surface area contributed by atoms with Gasteiger partial charge in [-0.25, -0.2) is 4.79 Å². The molecule has 122 valence electrons. The van der Waals surface area contributed by atoms with E-state index in [2.05, 4.69) is 11.9 Å². The normalized spacial score (nSPS) is 12.6. The molecule has 0 saturated heterocycles. The molecule has 0 aliphatic rings. The van der Waals surface area contributed by atoms with Crippen LogP contribution in [0.5, 0.6) is 0 Å². The van der Waals surface area contributed by atoms with Gasteiger partial charge in [0, 0.05) is 13.1 Å². The number of carbonyl (C=O) groups excluding carboxylic acids is 1. The van der Waals surface area contributed by atoms with Gasteiger partial charge in [-0.15, -0.1) is 6.58 Å². The molecule has 1 rings (SSSR count). The molecule has 0 saturated carbocycles. The van der Waals surface area contributed by atoms with Crippen LogP contribution in [-0.2, 0) is 6.18 Å². The molecule has 0 aliphatic carbocycles. The summed E-state index contributed by atoms with van der Waals surface area (Å²) in [5, 5.41) is 11.5. The molecule has 0 fully saturated rings. The molecule has 4 nitrogen and oxygen atoms in total. The molecule has 1 aromatic rings. The van der Waals surface area contributed by atoms with Gasteiger partial charge in [-0.3, -0.25) is 0 Å². The lowest BCUT2D eigenvalue weighted by Crippen LogP contribution is -2.42. The average Bonchev–Trinajstić information content (AvgIpc) is 2.46. The number of alkyl halides is 3. The number of hydrogen-bond donors (Lipinski definition) is 2. The van der Waals surface area contributed by atoms with E-state index in [-0.39, 0.29) is 19.7 Å². The molecule has 2 N–H and O–H groups in total. The van der Waals surface area contributed by atoms with Crippen LogP contribution in [0.3, 0.4) is 0 Å². The first-order valence-corrected chi connectivity index (χ1v) is 6.74. The van der Waals surface area contributed by atoms with E-state index >= 15 is 0 Å². The quantitative estimate of drug-likeness (QED) is 0.793. The molecule has 0 radical (unpaired) electrons. The minimum absolute atomic E-state index is 0.118. The minimum atomic E-state index is -4.43. The van der Waals surface area contributed by atoms with Crippen LogP contribution in [0, 0.1) is 0 Å². The smallest absolute Gasteiger partial charge is 0.395 e. The Morgan fingerprint density at radius 1 is 1.50 bits per heavy atom. The van der Waals surface area contributed by atoms with E-state index in [1.807, 2.05) is 0 Å². The summed E-state index contributed by atoms with van der Waals surface area (Å²) in [4.78, 5) is 13.3. The molecule has 0 heterocycles. The first kappa shape index (κ1) is 18.0. The summed E-state index contributed by atoms with van der Waals surface area (Å²) in [6.07, 6.45) is -2.92. The van der Waals surface area contributed by atoms with E-state index in [1.165, 1.54) is 23.1 Å². The number of urea groups is 1. The van der Waals surface area contributed by atoms with Crippen molar-refractivity contribution in [2.24, 2.45) is 0 Å². The van der Waals surface area contributed by atoms with E-state index in [1.54, 1.807) is 6.92 Å². The number of benzene rings is 1. The van der Waals surface area contributed by atoms with Gasteiger partial charge < -0.3 is 15.3 Å². The molecule has 1 unspecified atom stereocenters. The second-order valence-corrected chi connectivity index (χ2v) is 4.75. The highest BCUT2D eigenvalue weighted by Gasteiger charge is 2.30. The van der Waals surface area contributed by atoms with Gasteiger partial charge in [0.1, 0.15) is 0 Å². The number of nitrogens with zero attached hydrogens (tertiary/aromatic N) is 1. The van der Waals surface area contributed by atoms with Gasteiger partial charge in [-0.2, -0.15) is 13.2 Å². The highest BCUT2D eigenvalue weighted by atomic mass is 19.4. The number of aliphatic hydroxyl groups is 1. The summed E-state index contributed by atoms with van der Waals surface area (Å²) in [6.45, 7) is 5.26. The van der Waals surface area contributed by atoms with Crippen molar-refractivity contribution in [1.82, 2.24) is 10.2 Å². The van der Waals surface area contributed by atoms with Crippen molar-refractivity contribution in [3.8, 4) is 0 Å². The van der Waals surface area contributed by atoms with Crippen LogP contribution in [0.25, 0.3) is 0 Å². The van der Waals surface area contributed by atoms with Crippen LogP contribution in [0.1, 0.15) is 24.1 Å². The molecule has 1 aromatic carbocycles. The van der Waals surface area contributed by atoms with Crippen LogP contribution in [-0.4, -0.2) is 35.7 Å². The highest BCUT2D eigenvalue weighted by Crippen LogP contribution is 2.30. The van der Waals surface area contributed by atoms with Crippen molar-refractivity contribution in [2.75, 3.05) is 19.7 Å². The van der Waals surface area contributed by atoms with Gasteiger partial charge in [-0.05, 0) is 24.6 Å². The molecule has 22 heavy (non-hydrogen) atoms. The highest BCUT2D eigenvalue weighted by molar-refractivity contribution is 5.74. The van der Waals surface area contributed by atoms with Crippen molar-refractivity contribution in [1.29, 1.82) is 0 Å². The summed E-state index contributed by atoms with van der Waals surface area (Å²) >= 11 is 0. The van der Waals surface area contributed by atoms with Gasteiger partial charge in [-0.1, -0.05) is 18.2 Å². The maximum absolute atomic E-state index is 12.7. The monoisotopic (exact) mass is 316 g/mol. The number of amides is 2. The zero-order valence-electron chi connectivity index (χ0n) is 12.2. The second kappa shape index (κ2) is 7.84. The molecule has 0 bridgehead atoms. The number of hydrogen-bond acceptors (Lipinski definition) is 2. The Morgan fingerprint density at radius 2 is 2.18 bits per heavy atom. The summed E-state index contributed by atoms with van der Waals surface area (Å²) in [6, 6.07) is 3.74. The van der Waals surface area contributed by atoms with Crippen LogP contribution < -0.4 is 5.32 Å². The minimum Gasteiger partial charge on any atom is -0.395 e. The molecular weight excluding hydrogens is 297 g/mol. The fourth-order valence-corrected chi connectivity index (χ4v) is 1.90. The lowest BCUT2D eigenvalue weighted by Gasteiger charge is -2.24. The third-order valence-corrected chi connectivity index (χ3v) is 3.06. The average molecular weight is 316 g/mol. The van der Waals surface area contributed by atoms with Gasteiger partial charge in [0.15, 0.2) is 0 Å². The lowest BCUT2D eigenvalue weighted by molar-refractivity contribution is -0.137. The number of carbonyl (C=O) groups is 1. The Morgan fingerprint density at radius 3 is 2.73 bits per heavy atom. The van der Waals surface area contributed by atoms with Gasteiger partial charge in [0.05, 0.1) is 18.2 Å². The van der Waals surface area contributed by atoms with Gasteiger partial charge in [0.2, 0.25) is 0 Å². The molecule has 2 amide bonds. The van der Waals surface area contributed by atoms with Crippen molar-refractivity contribution < 1.29 is 23.1 Å². The van der Waals surface area contributed by atoms with E-state index < -0.39 is 23.8 Å². The van der Waals surface area contributed by atoms with Crippen molar-refractivity contribution >= 4 is 6.03 Å². The van der Waals surface area contributed by atoms with E-state index in [0.29, 0.717) is 5.56 Å². The fraction of sp³-hybridized carbons (Fsp3) is 0.400. The maximum atomic E-state index is 12.7. The number of halogens is 3. The maximum Gasteiger partial charge on any atom is 0.416 e. The molecule has 1 atom stereocenters. The molecule has 0 spiro atoms. The number of rotatable bonds is 6. The van der Waals surface area contributed by atoms with Crippen molar-refractivity contribution in [3.63, 3.8) is 0 Å². The summed E-state index contributed by atoms with van der Waals surface area (Å²) in [7, 11) is 0. The number of nitrogens with one attached hydrogen (secondary N) is 1. The lowest BCUT2D eigenvalue weighted by atomic mass is 10.1. The molecule has 0 aliphatic heterocycles. The Kier molecular flexibility index (Phi) is 6.42. The second-order valence-electron chi connectivity index (χ2n) is 4.75. The van der Waals surface area contributed by atoms with Gasteiger partial charge in [0.25, 0.3) is 0 Å². The first-order chi connectivity index (χ1) is 10.3. The molecular formula is C15H19F3N2O2. The Bertz CT molecular complexity index is 518.